The number of aryl methyl sites for hydroxylation is 1. The molecule has 0 aliphatic carbocycles. The average Bonchev–Trinajstić information content (AvgIpc) is 2.88. The first-order valence-corrected chi connectivity index (χ1v) is 6.31. The van der Waals surface area contributed by atoms with Crippen LogP contribution < -0.4 is 4.57 Å². The summed E-state index contributed by atoms with van der Waals surface area (Å²) in [6.45, 7) is 4.57. The van der Waals surface area contributed by atoms with E-state index in [1.807, 2.05) is 22.9 Å². The van der Waals surface area contributed by atoms with Crippen molar-refractivity contribution in [3.63, 3.8) is 0 Å². The van der Waals surface area contributed by atoms with Gasteiger partial charge in [-0.3, -0.25) is 0 Å². The maximum Gasteiger partial charge on any atom is 0.278 e. The van der Waals surface area contributed by atoms with E-state index in [0.717, 1.165) is 12.1 Å². The minimum Gasteiger partial charge on any atom is -0.231 e. The van der Waals surface area contributed by atoms with Crippen molar-refractivity contribution < 1.29 is 4.57 Å². The Morgan fingerprint density at radius 3 is 2.76 bits per heavy atom. The van der Waals surface area contributed by atoms with Crippen LogP contribution in [0.15, 0.2) is 36.7 Å². The molecule has 0 fully saturated rings. The van der Waals surface area contributed by atoms with Gasteiger partial charge in [-0.2, -0.15) is 0 Å². The van der Waals surface area contributed by atoms with Gasteiger partial charge < -0.3 is 0 Å². The van der Waals surface area contributed by atoms with E-state index in [9.17, 15) is 0 Å². The monoisotopic (exact) mass is 228 g/mol. The van der Waals surface area contributed by atoms with Crippen LogP contribution in [0, 0.1) is 5.92 Å². The highest BCUT2D eigenvalue weighted by atomic mass is 15.4. The molecule has 0 bridgehead atoms. The Morgan fingerprint density at radius 2 is 2.06 bits per heavy atom. The van der Waals surface area contributed by atoms with Crippen molar-refractivity contribution in [1.29, 1.82) is 0 Å². The molecule has 1 aliphatic rings. The Morgan fingerprint density at radius 1 is 1.29 bits per heavy atom. The molecule has 1 atom stereocenters. The van der Waals surface area contributed by atoms with E-state index in [-0.39, 0.29) is 0 Å². The molecule has 17 heavy (non-hydrogen) atoms. The second-order valence-electron chi connectivity index (χ2n) is 5.07. The Balaban J connectivity index is 1.99. The molecular weight excluding hydrogens is 210 g/mol. The Kier molecular flexibility index (Phi) is 2.46. The Hall–Kier alpha value is -1.64. The molecule has 3 nitrogen and oxygen atoms in total. The van der Waals surface area contributed by atoms with Gasteiger partial charge in [-0.15, -0.1) is 0 Å². The van der Waals surface area contributed by atoms with Crippen LogP contribution in [0.1, 0.15) is 32.1 Å². The molecule has 0 amide bonds. The fraction of sp³-hybridized carbons (Fsp3) is 0.429. The molecular formula is C14H18N3+. The van der Waals surface area contributed by atoms with Crippen molar-refractivity contribution in [1.82, 2.24) is 9.78 Å². The fourth-order valence-corrected chi connectivity index (χ4v) is 2.62. The molecule has 0 spiro atoms. The number of benzene rings is 1. The van der Waals surface area contributed by atoms with Crippen LogP contribution >= 0.6 is 0 Å². The molecule has 2 heterocycles. The van der Waals surface area contributed by atoms with E-state index in [1.165, 1.54) is 12.2 Å². The van der Waals surface area contributed by atoms with Gasteiger partial charge in [-0.05, 0) is 24.5 Å². The van der Waals surface area contributed by atoms with Gasteiger partial charge in [0, 0.05) is 11.5 Å². The third-order valence-corrected chi connectivity index (χ3v) is 3.57. The van der Waals surface area contributed by atoms with Crippen LogP contribution in [0.3, 0.4) is 0 Å². The first-order valence-electron chi connectivity index (χ1n) is 6.31. The standard InChI is InChI=1S/C14H18N3/c1-11(2)13-8-9-14-15-17(10-16(13)14)12-6-4-3-5-7-12/h3-7,10-11,13H,8-9H2,1-2H3/q+1. The number of nitrogens with zero attached hydrogens (tertiary/aromatic N) is 3. The molecule has 2 aromatic rings. The first-order chi connectivity index (χ1) is 8.25. The summed E-state index contributed by atoms with van der Waals surface area (Å²) in [5.74, 6) is 1.89. The molecule has 88 valence electrons. The highest BCUT2D eigenvalue weighted by molar-refractivity contribution is 5.28. The quantitative estimate of drug-likeness (QED) is 0.723. The van der Waals surface area contributed by atoms with Gasteiger partial charge in [0.1, 0.15) is 5.69 Å². The van der Waals surface area contributed by atoms with Crippen molar-refractivity contribution >= 4 is 0 Å². The van der Waals surface area contributed by atoms with Crippen LogP contribution in [0.4, 0.5) is 0 Å². The van der Waals surface area contributed by atoms with Crippen molar-refractivity contribution in [2.75, 3.05) is 0 Å². The zero-order chi connectivity index (χ0) is 11.8. The number of hydrogen-bond acceptors (Lipinski definition) is 1. The first kappa shape index (κ1) is 10.5. The Bertz CT molecular complexity index is 514. The summed E-state index contributed by atoms with van der Waals surface area (Å²) in [5.41, 5.74) is 1.14. The van der Waals surface area contributed by atoms with E-state index < -0.39 is 0 Å². The van der Waals surface area contributed by atoms with E-state index >= 15 is 0 Å². The summed E-state index contributed by atoms with van der Waals surface area (Å²) in [4.78, 5) is 0. The van der Waals surface area contributed by atoms with Crippen LogP contribution in [-0.4, -0.2) is 9.78 Å². The van der Waals surface area contributed by atoms with Crippen LogP contribution in [-0.2, 0) is 6.42 Å². The topological polar surface area (TPSA) is 21.7 Å². The molecule has 0 N–H and O–H groups in total. The van der Waals surface area contributed by atoms with Crippen LogP contribution in [0.2, 0.25) is 0 Å². The lowest BCUT2D eigenvalue weighted by molar-refractivity contribution is -0.723. The highest BCUT2D eigenvalue weighted by Gasteiger charge is 2.33. The highest BCUT2D eigenvalue weighted by Crippen LogP contribution is 2.23. The summed E-state index contributed by atoms with van der Waals surface area (Å²) >= 11 is 0. The molecule has 1 aromatic carbocycles. The van der Waals surface area contributed by atoms with Gasteiger partial charge in [-0.1, -0.05) is 36.7 Å². The van der Waals surface area contributed by atoms with Crippen molar-refractivity contribution in [2.45, 2.75) is 32.7 Å². The largest absolute Gasteiger partial charge is 0.278 e. The molecule has 0 saturated heterocycles. The molecule has 0 saturated carbocycles. The second-order valence-corrected chi connectivity index (χ2v) is 5.07. The zero-order valence-electron chi connectivity index (χ0n) is 10.4. The minimum absolute atomic E-state index is 0.613. The number of aromatic nitrogens is 3. The third kappa shape index (κ3) is 1.75. The SMILES string of the molecule is CC(C)C1CCc2nn(-c3ccccc3)c[n+]21. The van der Waals surface area contributed by atoms with Gasteiger partial charge >= 0.3 is 0 Å². The Labute approximate surface area is 102 Å². The summed E-state index contributed by atoms with van der Waals surface area (Å²) < 4.78 is 4.33. The molecule has 3 rings (SSSR count). The lowest BCUT2D eigenvalue weighted by Gasteiger charge is -2.11. The molecule has 0 radical (unpaired) electrons. The molecule has 1 aliphatic heterocycles. The zero-order valence-corrected chi connectivity index (χ0v) is 10.4. The van der Waals surface area contributed by atoms with Crippen molar-refractivity contribution in [2.24, 2.45) is 5.92 Å². The number of para-hydroxylation sites is 1. The van der Waals surface area contributed by atoms with E-state index in [0.29, 0.717) is 12.0 Å². The number of hydrogen-bond donors (Lipinski definition) is 0. The number of fused-ring (bicyclic) bond motifs is 1. The van der Waals surface area contributed by atoms with Gasteiger partial charge in [0.25, 0.3) is 5.82 Å². The van der Waals surface area contributed by atoms with Gasteiger partial charge in [0.2, 0.25) is 6.33 Å². The number of rotatable bonds is 2. The minimum atomic E-state index is 0.613. The van der Waals surface area contributed by atoms with Crippen molar-refractivity contribution in [3.8, 4) is 5.69 Å². The van der Waals surface area contributed by atoms with E-state index in [4.69, 9.17) is 0 Å². The smallest absolute Gasteiger partial charge is 0.231 e. The third-order valence-electron chi connectivity index (χ3n) is 3.57. The van der Waals surface area contributed by atoms with Gasteiger partial charge in [0.05, 0.1) is 6.04 Å². The summed E-state index contributed by atoms with van der Waals surface area (Å²) in [6, 6.07) is 10.9. The lowest BCUT2D eigenvalue weighted by atomic mass is 10.0. The summed E-state index contributed by atoms with van der Waals surface area (Å²) in [7, 11) is 0. The maximum atomic E-state index is 4.67. The summed E-state index contributed by atoms with van der Waals surface area (Å²) in [6.07, 6.45) is 4.47. The predicted molar refractivity (Wildman–Crippen MR) is 66.0 cm³/mol. The molecule has 1 unspecified atom stereocenters. The normalized spacial score (nSPS) is 18.6. The van der Waals surface area contributed by atoms with Gasteiger partial charge in [0.15, 0.2) is 0 Å². The average molecular weight is 228 g/mol. The molecule has 3 heteroatoms. The fourth-order valence-electron chi connectivity index (χ4n) is 2.62. The van der Waals surface area contributed by atoms with Crippen LogP contribution in [0.25, 0.3) is 5.69 Å². The van der Waals surface area contributed by atoms with Gasteiger partial charge in [-0.25, -0.2) is 4.57 Å². The van der Waals surface area contributed by atoms with Crippen LogP contribution in [0.5, 0.6) is 0 Å². The molecule has 1 aromatic heterocycles. The predicted octanol–water partition coefficient (Wildman–Crippen LogP) is 2.30. The lowest BCUT2D eigenvalue weighted by Crippen LogP contribution is -2.38. The second kappa shape index (κ2) is 3.99. The van der Waals surface area contributed by atoms with Crippen molar-refractivity contribution in [3.05, 3.63) is 42.5 Å². The van der Waals surface area contributed by atoms with E-state index in [2.05, 4.69) is 42.0 Å². The summed E-state index contributed by atoms with van der Waals surface area (Å²) in [5, 5.41) is 4.67. The maximum absolute atomic E-state index is 4.67. The van der Waals surface area contributed by atoms with E-state index in [1.54, 1.807) is 0 Å².